The molecule has 15 heavy (non-hydrogen) atoms. The van der Waals surface area contributed by atoms with Crippen LogP contribution in [-0.2, 0) is 0 Å². The summed E-state index contributed by atoms with van der Waals surface area (Å²) in [6.07, 6.45) is 0. The van der Waals surface area contributed by atoms with Gasteiger partial charge in [0.2, 0.25) is 0 Å². The number of carboxylic acids is 1. The average molecular weight is 209 g/mol. The van der Waals surface area contributed by atoms with Crippen LogP contribution in [0.2, 0.25) is 0 Å². The molecule has 0 spiro atoms. The second-order valence-corrected chi connectivity index (χ2v) is 3.86. The first-order valence-electron chi connectivity index (χ1n) is 4.71. The first-order chi connectivity index (χ1) is 6.86. The number of benzene rings is 1. The number of nitrogen functional groups attached to an aromatic ring is 1. The minimum atomic E-state index is -1.15. The molecule has 0 heterocycles. The summed E-state index contributed by atoms with van der Waals surface area (Å²) in [6.45, 7) is 5.33. The fourth-order valence-electron chi connectivity index (χ4n) is 1.51. The monoisotopic (exact) mass is 209 g/mol. The van der Waals surface area contributed by atoms with Crippen LogP contribution in [0.25, 0.3) is 0 Å². The van der Waals surface area contributed by atoms with Crippen molar-refractivity contribution < 1.29 is 15.0 Å². The van der Waals surface area contributed by atoms with Crippen molar-refractivity contribution in [3.63, 3.8) is 0 Å². The second-order valence-electron chi connectivity index (χ2n) is 3.86. The van der Waals surface area contributed by atoms with Crippen LogP contribution in [0, 0.1) is 6.92 Å². The summed E-state index contributed by atoms with van der Waals surface area (Å²) in [5.41, 5.74) is 6.96. The largest absolute Gasteiger partial charge is 0.507 e. The van der Waals surface area contributed by atoms with Gasteiger partial charge in [-0.05, 0) is 30.0 Å². The van der Waals surface area contributed by atoms with Crippen molar-refractivity contribution in [3.8, 4) is 5.75 Å². The molecule has 4 heteroatoms. The Labute approximate surface area is 88.3 Å². The van der Waals surface area contributed by atoms with E-state index in [-0.39, 0.29) is 17.2 Å². The van der Waals surface area contributed by atoms with Gasteiger partial charge in [0.15, 0.2) is 0 Å². The highest BCUT2D eigenvalue weighted by Gasteiger charge is 2.20. The lowest BCUT2D eigenvalue weighted by Gasteiger charge is -2.14. The first-order valence-corrected chi connectivity index (χ1v) is 4.71. The normalized spacial score (nSPS) is 10.7. The van der Waals surface area contributed by atoms with Gasteiger partial charge in [-0.25, -0.2) is 4.79 Å². The van der Waals surface area contributed by atoms with Gasteiger partial charge in [-0.3, -0.25) is 0 Å². The maximum atomic E-state index is 11.0. The summed E-state index contributed by atoms with van der Waals surface area (Å²) in [7, 11) is 0. The van der Waals surface area contributed by atoms with Gasteiger partial charge in [0.25, 0.3) is 0 Å². The zero-order chi connectivity index (χ0) is 11.7. The summed E-state index contributed by atoms with van der Waals surface area (Å²) in [4.78, 5) is 11.0. The minimum Gasteiger partial charge on any atom is -0.507 e. The van der Waals surface area contributed by atoms with E-state index in [0.717, 1.165) is 0 Å². The number of hydrogen-bond acceptors (Lipinski definition) is 3. The molecule has 4 N–H and O–H groups in total. The molecule has 82 valence electrons. The summed E-state index contributed by atoms with van der Waals surface area (Å²) in [6, 6.07) is 1.63. The topological polar surface area (TPSA) is 83.5 Å². The van der Waals surface area contributed by atoms with E-state index in [9.17, 15) is 9.90 Å². The van der Waals surface area contributed by atoms with Crippen molar-refractivity contribution in [3.05, 3.63) is 22.8 Å². The molecule has 1 aromatic rings. The third-order valence-electron chi connectivity index (χ3n) is 2.47. The fourth-order valence-corrected chi connectivity index (χ4v) is 1.51. The van der Waals surface area contributed by atoms with Gasteiger partial charge in [0, 0.05) is 5.69 Å². The van der Waals surface area contributed by atoms with Crippen LogP contribution in [-0.4, -0.2) is 16.2 Å². The number of carboxylic acid groups (broad SMARTS) is 1. The second kappa shape index (κ2) is 3.81. The highest BCUT2D eigenvalue weighted by Crippen LogP contribution is 2.34. The van der Waals surface area contributed by atoms with Crippen LogP contribution in [0.15, 0.2) is 6.07 Å². The van der Waals surface area contributed by atoms with Gasteiger partial charge in [0.1, 0.15) is 11.3 Å². The van der Waals surface area contributed by atoms with Crippen molar-refractivity contribution in [2.24, 2.45) is 0 Å². The molecular weight excluding hydrogens is 194 g/mol. The fraction of sp³-hybridized carbons (Fsp3) is 0.364. The van der Waals surface area contributed by atoms with Gasteiger partial charge in [-0.15, -0.1) is 0 Å². The van der Waals surface area contributed by atoms with Gasteiger partial charge < -0.3 is 15.9 Å². The molecule has 4 nitrogen and oxygen atoms in total. The number of phenols is 1. The van der Waals surface area contributed by atoms with Crippen molar-refractivity contribution in [2.75, 3.05) is 5.73 Å². The van der Waals surface area contributed by atoms with Crippen LogP contribution >= 0.6 is 0 Å². The molecular formula is C11H15NO3. The highest BCUT2D eigenvalue weighted by atomic mass is 16.4. The van der Waals surface area contributed by atoms with Crippen LogP contribution in [0.3, 0.4) is 0 Å². The van der Waals surface area contributed by atoms with E-state index in [1.165, 1.54) is 0 Å². The first kappa shape index (κ1) is 11.4. The van der Waals surface area contributed by atoms with E-state index in [0.29, 0.717) is 16.8 Å². The Kier molecular flexibility index (Phi) is 2.88. The smallest absolute Gasteiger partial charge is 0.339 e. The Morgan fingerprint density at radius 2 is 2.00 bits per heavy atom. The van der Waals surface area contributed by atoms with E-state index in [1.807, 2.05) is 13.8 Å². The summed E-state index contributed by atoms with van der Waals surface area (Å²) in [5.74, 6) is -1.30. The third kappa shape index (κ3) is 1.88. The SMILES string of the molecule is Cc1c(N)cc(C(C)C)c(O)c1C(=O)O. The van der Waals surface area contributed by atoms with E-state index < -0.39 is 5.97 Å². The van der Waals surface area contributed by atoms with Crippen molar-refractivity contribution in [1.29, 1.82) is 0 Å². The van der Waals surface area contributed by atoms with E-state index >= 15 is 0 Å². The Morgan fingerprint density at radius 3 is 2.40 bits per heavy atom. The molecule has 0 bridgehead atoms. The van der Waals surface area contributed by atoms with E-state index in [2.05, 4.69) is 0 Å². The summed E-state index contributed by atoms with van der Waals surface area (Å²) in [5, 5.41) is 18.8. The summed E-state index contributed by atoms with van der Waals surface area (Å²) >= 11 is 0. The third-order valence-corrected chi connectivity index (χ3v) is 2.47. The molecule has 0 atom stereocenters. The number of carbonyl (C=O) groups is 1. The lowest BCUT2D eigenvalue weighted by atomic mass is 9.94. The Balaban J connectivity index is 3.56. The maximum Gasteiger partial charge on any atom is 0.339 e. The lowest BCUT2D eigenvalue weighted by Crippen LogP contribution is -2.06. The molecule has 1 rings (SSSR count). The molecule has 0 aliphatic carbocycles. The molecule has 0 aliphatic heterocycles. The molecule has 0 unspecified atom stereocenters. The number of aromatic carboxylic acids is 1. The minimum absolute atomic E-state index is 0.0333. The number of hydrogen-bond donors (Lipinski definition) is 3. The van der Waals surface area contributed by atoms with E-state index in [1.54, 1.807) is 13.0 Å². The lowest BCUT2D eigenvalue weighted by molar-refractivity contribution is 0.0693. The molecule has 1 aromatic carbocycles. The summed E-state index contributed by atoms with van der Waals surface area (Å²) < 4.78 is 0. The number of rotatable bonds is 2. The highest BCUT2D eigenvalue weighted by molar-refractivity contribution is 5.95. The molecule has 0 saturated heterocycles. The molecule has 0 aromatic heterocycles. The van der Waals surface area contributed by atoms with Crippen LogP contribution < -0.4 is 5.73 Å². The average Bonchev–Trinajstić information content (AvgIpc) is 2.10. The Morgan fingerprint density at radius 1 is 1.47 bits per heavy atom. The molecule has 0 amide bonds. The molecule has 0 saturated carbocycles. The van der Waals surface area contributed by atoms with Crippen LogP contribution in [0.1, 0.15) is 41.3 Å². The Bertz CT molecular complexity index is 411. The predicted octanol–water partition coefficient (Wildman–Crippen LogP) is 2.10. The zero-order valence-corrected chi connectivity index (χ0v) is 9.03. The van der Waals surface area contributed by atoms with Crippen molar-refractivity contribution in [1.82, 2.24) is 0 Å². The zero-order valence-electron chi connectivity index (χ0n) is 9.03. The quantitative estimate of drug-likeness (QED) is 0.514. The van der Waals surface area contributed by atoms with Gasteiger partial charge in [-0.2, -0.15) is 0 Å². The number of nitrogens with two attached hydrogens (primary N) is 1. The number of anilines is 1. The predicted molar refractivity (Wildman–Crippen MR) is 58.3 cm³/mol. The van der Waals surface area contributed by atoms with Crippen molar-refractivity contribution in [2.45, 2.75) is 26.7 Å². The number of aromatic hydroxyl groups is 1. The van der Waals surface area contributed by atoms with Gasteiger partial charge in [0.05, 0.1) is 0 Å². The van der Waals surface area contributed by atoms with E-state index in [4.69, 9.17) is 10.8 Å². The van der Waals surface area contributed by atoms with Crippen LogP contribution in [0.4, 0.5) is 5.69 Å². The molecule has 0 radical (unpaired) electrons. The van der Waals surface area contributed by atoms with Crippen molar-refractivity contribution >= 4 is 11.7 Å². The molecule has 0 fully saturated rings. The standard InChI is InChI=1S/C11H15NO3/c1-5(2)7-4-8(12)6(3)9(10(7)13)11(14)15/h4-5,13H,12H2,1-3H3,(H,14,15). The van der Waals surface area contributed by atoms with Gasteiger partial charge >= 0.3 is 5.97 Å². The van der Waals surface area contributed by atoms with Gasteiger partial charge in [-0.1, -0.05) is 13.8 Å². The Hall–Kier alpha value is -1.71. The maximum absolute atomic E-state index is 11.0. The van der Waals surface area contributed by atoms with Crippen LogP contribution in [0.5, 0.6) is 5.75 Å². The molecule has 0 aliphatic rings.